The summed E-state index contributed by atoms with van der Waals surface area (Å²) >= 11 is 6.34. The van der Waals surface area contributed by atoms with Crippen molar-refractivity contribution in [2.45, 2.75) is 52.5 Å². The van der Waals surface area contributed by atoms with Crippen LogP contribution in [0.15, 0.2) is 39.5 Å². The van der Waals surface area contributed by atoms with Crippen molar-refractivity contribution in [2.24, 2.45) is 0 Å². The molecule has 1 unspecified atom stereocenters. The summed E-state index contributed by atoms with van der Waals surface area (Å²) in [4.78, 5) is 29.0. The number of halogens is 1. The smallest absolute Gasteiger partial charge is 0.290 e. The highest BCUT2D eigenvalue weighted by molar-refractivity contribution is 6.32. The van der Waals surface area contributed by atoms with Crippen molar-refractivity contribution in [3.63, 3.8) is 0 Å². The Morgan fingerprint density at radius 1 is 1.00 bits per heavy atom. The Morgan fingerprint density at radius 3 is 2.54 bits per heavy atom. The molecule has 2 heterocycles. The molecule has 0 saturated carbocycles. The minimum absolute atomic E-state index is 0.0690. The number of aryl methyl sites for hydroxylation is 1. The van der Waals surface area contributed by atoms with Crippen LogP contribution in [0, 0.1) is 6.92 Å². The third-order valence-corrected chi connectivity index (χ3v) is 6.99. The van der Waals surface area contributed by atoms with E-state index in [4.69, 9.17) is 30.2 Å². The quantitative estimate of drug-likeness (QED) is 0.257. The van der Waals surface area contributed by atoms with Crippen molar-refractivity contribution in [1.29, 1.82) is 0 Å². The van der Waals surface area contributed by atoms with Crippen LogP contribution in [0.4, 0.5) is 0 Å². The molecule has 4 rings (SSSR count). The van der Waals surface area contributed by atoms with Gasteiger partial charge in [-0.2, -0.15) is 0 Å². The maximum atomic E-state index is 13.8. The zero-order chi connectivity index (χ0) is 26.5. The van der Waals surface area contributed by atoms with Crippen LogP contribution in [0.25, 0.3) is 11.0 Å². The predicted molar refractivity (Wildman–Crippen MR) is 144 cm³/mol. The highest BCUT2D eigenvalue weighted by atomic mass is 35.5. The monoisotopic (exact) mass is 527 g/mol. The summed E-state index contributed by atoms with van der Waals surface area (Å²) in [5.41, 5.74) is 1.92. The highest BCUT2D eigenvalue weighted by Gasteiger charge is 2.42. The van der Waals surface area contributed by atoms with Gasteiger partial charge in [0.15, 0.2) is 16.9 Å². The predicted octanol–water partition coefficient (Wildman–Crippen LogP) is 6.30. The molecule has 0 aliphatic carbocycles. The van der Waals surface area contributed by atoms with Gasteiger partial charge in [-0.1, -0.05) is 37.4 Å². The average molecular weight is 528 g/mol. The topological polar surface area (TPSA) is 78.2 Å². The van der Waals surface area contributed by atoms with E-state index in [1.54, 1.807) is 24.1 Å². The standard InChI is InChI=1S/C29H34ClNO6/c1-5-7-8-14-36-22-11-10-19(16-24(22)35-6-2)26-25-27(32)20-17-21(30)18(3)15-23(20)37-28(25)29(33)31(26)12-9-13-34-4/h10-11,15-17,26H,5-9,12-14H2,1-4H3. The first-order valence-corrected chi connectivity index (χ1v) is 13.2. The lowest BCUT2D eigenvalue weighted by Gasteiger charge is -2.26. The Balaban J connectivity index is 1.82. The van der Waals surface area contributed by atoms with Gasteiger partial charge in [0.2, 0.25) is 5.76 Å². The Kier molecular flexibility index (Phi) is 8.77. The molecule has 0 spiro atoms. The van der Waals surface area contributed by atoms with Crippen LogP contribution in [0.2, 0.25) is 5.02 Å². The van der Waals surface area contributed by atoms with Crippen molar-refractivity contribution in [3.05, 3.63) is 68.0 Å². The zero-order valence-corrected chi connectivity index (χ0v) is 22.7. The number of hydrogen-bond acceptors (Lipinski definition) is 6. The maximum Gasteiger partial charge on any atom is 0.290 e. The number of hydrogen-bond donors (Lipinski definition) is 0. The van der Waals surface area contributed by atoms with Crippen LogP contribution in [-0.4, -0.2) is 44.3 Å². The first-order valence-electron chi connectivity index (χ1n) is 12.9. The minimum atomic E-state index is -0.631. The minimum Gasteiger partial charge on any atom is -0.490 e. The fourth-order valence-electron chi connectivity index (χ4n) is 4.71. The molecule has 1 aliphatic heterocycles. The van der Waals surface area contributed by atoms with E-state index < -0.39 is 6.04 Å². The molecular weight excluding hydrogens is 494 g/mol. The third kappa shape index (κ3) is 5.48. The number of rotatable bonds is 12. The Bertz CT molecular complexity index is 1330. The number of amides is 1. The summed E-state index contributed by atoms with van der Waals surface area (Å²) < 4.78 is 23.2. The normalized spacial score (nSPS) is 14.9. The van der Waals surface area contributed by atoms with Crippen LogP contribution in [0.5, 0.6) is 11.5 Å². The molecule has 3 aromatic rings. The van der Waals surface area contributed by atoms with Gasteiger partial charge in [-0.15, -0.1) is 0 Å². The lowest BCUT2D eigenvalue weighted by Crippen LogP contribution is -2.31. The molecule has 0 saturated heterocycles. The van der Waals surface area contributed by atoms with Gasteiger partial charge < -0.3 is 23.5 Å². The van der Waals surface area contributed by atoms with Crippen molar-refractivity contribution in [3.8, 4) is 11.5 Å². The van der Waals surface area contributed by atoms with Gasteiger partial charge in [-0.05, 0) is 62.1 Å². The number of unbranched alkanes of at least 4 members (excludes halogenated alkanes) is 2. The summed E-state index contributed by atoms with van der Waals surface area (Å²) in [5.74, 6) is 0.975. The summed E-state index contributed by atoms with van der Waals surface area (Å²) in [5, 5.41) is 0.826. The second kappa shape index (κ2) is 12.0. The van der Waals surface area contributed by atoms with Crippen LogP contribution in [0.1, 0.15) is 72.8 Å². The van der Waals surface area contributed by atoms with Crippen molar-refractivity contribution in [2.75, 3.05) is 33.5 Å². The van der Waals surface area contributed by atoms with Crippen LogP contribution in [-0.2, 0) is 4.74 Å². The molecule has 1 aromatic heterocycles. The van der Waals surface area contributed by atoms with E-state index in [1.807, 2.05) is 32.0 Å². The van der Waals surface area contributed by atoms with E-state index >= 15 is 0 Å². The third-order valence-electron chi connectivity index (χ3n) is 6.58. The highest BCUT2D eigenvalue weighted by Crippen LogP contribution is 2.41. The van der Waals surface area contributed by atoms with Crippen molar-refractivity contribution in [1.82, 2.24) is 4.90 Å². The molecule has 2 aromatic carbocycles. The number of fused-ring (bicyclic) bond motifs is 2. The molecule has 37 heavy (non-hydrogen) atoms. The van der Waals surface area contributed by atoms with Gasteiger partial charge in [0.05, 0.1) is 30.2 Å². The number of carbonyl (C=O) groups excluding carboxylic acids is 1. The molecule has 7 nitrogen and oxygen atoms in total. The average Bonchev–Trinajstić information content (AvgIpc) is 3.16. The lowest BCUT2D eigenvalue weighted by atomic mass is 9.97. The summed E-state index contributed by atoms with van der Waals surface area (Å²) in [6.45, 7) is 7.82. The summed E-state index contributed by atoms with van der Waals surface area (Å²) in [6, 6.07) is 8.29. The molecule has 0 fully saturated rings. The van der Waals surface area contributed by atoms with Crippen LogP contribution in [0.3, 0.4) is 0 Å². The lowest BCUT2D eigenvalue weighted by molar-refractivity contribution is 0.0707. The number of nitrogens with zero attached hydrogens (tertiary/aromatic N) is 1. The van der Waals surface area contributed by atoms with Crippen LogP contribution < -0.4 is 14.9 Å². The molecule has 1 amide bonds. The Hall–Kier alpha value is -3.03. The van der Waals surface area contributed by atoms with E-state index in [0.717, 1.165) is 30.4 Å². The van der Waals surface area contributed by atoms with Crippen LogP contribution >= 0.6 is 11.6 Å². The van der Waals surface area contributed by atoms with Gasteiger partial charge in [0.1, 0.15) is 5.58 Å². The van der Waals surface area contributed by atoms with E-state index in [-0.39, 0.29) is 17.1 Å². The number of methoxy groups -OCH3 is 1. The molecule has 1 aliphatic rings. The molecule has 198 valence electrons. The summed E-state index contributed by atoms with van der Waals surface area (Å²) in [7, 11) is 1.62. The largest absolute Gasteiger partial charge is 0.490 e. The Labute approximate surface area is 222 Å². The summed E-state index contributed by atoms with van der Waals surface area (Å²) in [6.07, 6.45) is 3.77. The first-order chi connectivity index (χ1) is 17.9. The second-order valence-corrected chi connectivity index (χ2v) is 9.62. The molecule has 1 atom stereocenters. The van der Waals surface area contributed by atoms with E-state index in [2.05, 4.69) is 6.92 Å². The fourth-order valence-corrected chi connectivity index (χ4v) is 4.88. The van der Waals surface area contributed by atoms with Gasteiger partial charge in [-0.25, -0.2) is 0 Å². The molecule has 0 N–H and O–H groups in total. The fraction of sp³-hybridized carbons (Fsp3) is 0.448. The van der Waals surface area contributed by atoms with Crippen molar-refractivity contribution < 1.29 is 23.4 Å². The van der Waals surface area contributed by atoms with Gasteiger partial charge in [0, 0.05) is 25.3 Å². The molecular formula is C29H34ClNO6. The van der Waals surface area contributed by atoms with E-state index in [9.17, 15) is 9.59 Å². The number of ether oxygens (including phenoxy) is 3. The van der Waals surface area contributed by atoms with E-state index in [1.165, 1.54) is 0 Å². The second-order valence-electron chi connectivity index (χ2n) is 9.21. The SMILES string of the molecule is CCCCCOc1ccc(C2c3c(oc4cc(C)c(Cl)cc4c3=O)C(=O)N2CCCOC)cc1OCC. The molecule has 0 radical (unpaired) electrons. The van der Waals surface area contributed by atoms with E-state index in [0.29, 0.717) is 65.8 Å². The molecule has 8 heteroatoms. The zero-order valence-electron chi connectivity index (χ0n) is 21.9. The van der Waals surface area contributed by atoms with Gasteiger partial charge in [0.25, 0.3) is 5.91 Å². The molecule has 0 bridgehead atoms. The number of carbonyl (C=O) groups is 1. The van der Waals surface area contributed by atoms with Gasteiger partial charge in [-0.3, -0.25) is 9.59 Å². The van der Waals surface area contributed by atoms with Crippen molar-refractivity contribution >= 4 is 28.5 Å². The maximum absolute atomic E-state index is 13.8. The Morgan fingerprint density at radius 2 is 1.81 bits per heavy atom. The van der Waals surface area contributed by atoms with Gasteiger partial charge >= 0.3 is 0 Å². The number of benzene rings is 2. The first kappa shape index (κ1) is 27.0.